The molecule has 1 aliphatic rings. The van der Waals surface area contributed by atoms with E-state index in [2.05, 4.69) is 31.2 Å². The molecular formula is C14H19NO3. The van der Waals surface area contributed by atoms with Crippen molar-refractivity contribution in [1.82, 2.24) is 4.90 Å². The summed E-state index contributed by atoms with van der Waals surface area (Å²) >= 11 is 0. The predicted molar refractivity (Wildman–Crippen MR) is 68.5 cm³/mol. The van der Waals surface area contributed by atoms with Crippen molar-refractivity contribution >= 4 is 6.09 Å². The first-order chi connectivity index (χ1) is 8.74. The summed E-state index contributed by atoms with van der Waals surface area (Å²) in [5, 5.41) is 0. The molecule has 1 aromatic carbocycles. The number of hydrogen-bond donors (Lipinski definition) is 0. The third-order valence-electron chi connectivity index (χ3n) is 3.26. The zero-order valence-electron chi connectivity index (χ0n) is 10.9. The third-order valence-corrected chi connectivity index (χ3v) is 3.26. The second kappa shape index (κ2) is 5.87. The van der Waals surface area contributed by atoms with E-state index in [-0.39, 0.29) is 12.2 Å². The van der Waals surface area contributed by atoms with E-state index >= 15 is 0 Å². The van der Waals surface area contributed by atoms with Crippen LogP contribution in [0.3, 0.4) is 0 Å². The molecule has 1 heterocycles. The lowest BCUT2D eigenvalue weighted by atomic mass is 10.0. The van der Waals surface area contributed by atoms with Gasteiger partial charge in [0.2, 0.25) is 0 Å². The Labute approximate surface area is 107 Å². The van der Waals surface area contributed by atoms with Crippen molar-refractivity contribution in [2.75, 3.05) is 26.8 Å². The van der Waals surface area contributed by atoms with Crippen LogP contribution in [0.4, 0.5) is 4.79 Å². The molecule has 1 unspecified atom stereocenters. The summed E-state index contributed by atoms with van der Waals surface area (Å²) in [5.74, 6) is 0. The van der Waals surface area contributed by atoms with Crippen molar-refractivity contribution in [3.8, 4) is 0 Å². The van der Waals surface area contributed by atoms with Crippen molar-refractivity contribution in [1.29, 1.82) is 0 Å². The van der Waals surface area contributed by atoms with Crippen LogP contribution < -0.4 is 0 Å². The van der Waals surface area contributed by atoms with Crippen LogP contribution in [0.5, 0.6) is 0 Å². The number of aryl methyl sites for hydroxylation is 1. The number of rotatable bonds is 2. The van der Waals surface area contributed by atoms with E-state index < -0.39 is 0 Å². The van der Waals surface area contributed by atoms with Gasteiger partial charge in [-0.05, 0) is 17.5 Å². The molecule has 1 aliphatic heterocycles. The standard InChI is InChI=1S/C14H19NO3/c1-3-11-4-6-12(7-5-11)13-10-15(8-9-18-13)14(16)17-2/h4-7,13H,3,8-10H2,1-2H3. The fraction of sp³-hybridized carbons (Fsp3) is 0.500. The minimum atomic E-state index is -0.284. The molecule has 0 N–H and O–H groups in total. The van der Waals surface area contributed by atoms with E-state index in [0.717, 1.165) is 12.0 Å². The smallest absolute Gasteiger partial charge is 0.409 e. The fourth-order valence-corrected chi connectivity index (χ4v) is 2.11. The number of methoxy groups -OCH3 is 1. The van der Waals surface area contributed by atoms with Gasteiger partial charge in [0, 0.05) is 6.54 Å². The lowest BCUT2D eigenvalue weighted by molar-refractivity contribution is -0.0258. The Kier molecular flexibility index (Phi) is 4.20. The number of benzene rings is 1. The first kappa shape index (κ1) is 12.9. The van der Waals surface area contributed by atoms with Gasteiger partial charge >= 0.3 is 6.09 Å². The third kappa shape index (κ3) is 2.82. The quantitative estimate of drug-likeness (QED) is 0.807. The van der Waals surface area contributed by atoms with Crippen molar-refractivity contribution in [2.45, 2.75) is 19.4 Å². The first-order valence-electron chi connectivity index (χ1n) is 6.28. The fourth-order valence-electron chi connectivity index (χ4n) is 2.11. The second-order valence-corrected chi connectivity index (χ2v) is 4.37. The molecule has 0 radical (unpaired) electrons. The summed E-state index contributed by atoms with van der Waals surface area (Å²) in [7, 11) is 1.41. The van der Waals surface area contributed by atoms with E-state index in [9.17, 15) is 4.79 Å². The predicted octanol–water partition coefficient (Wildman–Crippen LogP) is 2.39. The molecule has 0 spiro atoms. The minimum absolute atomic E-state index is 0.0521. The first-order valence-corrected chi connectivity index (χ1v) is 6.28. The number of nitrogens with zero attached hydrogens (tertiary/aromatic N) is 1. The number of carbonyl (C=O) groups excluding carboxylic acids is 1. The highest BCUT2D eigenvalue weighted by atomic mass is 16.5. The van der Waals surface area contributed by atoms with Crippen LogP contribution in [0, 0.1) is 0 Å². The van der Waals surface area contributed by atoms with E-state index in [4.69, 9.17) is 9.47 Å². The van der Waals surface area contributed by atoms with Gasteiger partial charge in [0.25, 0.3) is 0 Å². The number of amides is 1. The van der Waals surface area contributed by atoms with Gasteiger partial charge in [-0.1, -0.05) is 31.2 Å². The Morgan fingerprint density at radius 3 is 2.78 bits per heavy atom. The van der Waals surface area contributed by atoms with Crippen molar-refractivity contribution in [2.24, 2.45) is 0 Å². The molecule has 18 heavy (non-hydrogen) atoms. The van der Waals surface area contributed by atoms with Crippen LogP contribution in [0.25, 0.3) is 0 Å². The van der Waals surface area contributed by atoms with Gasteiger partial charge in [0.1, 0.15) is 6.10 Å². The average molecular weight is 249 g/mol. The largest absolute Gasteiger partial charge is 0.453 e. The summed E-state index contributed by atoms with van der Waals surface area (Å²) in [6.45, 7) is 3.83. The van der Waals surface area contributed by atoms with Crippen LogP contribution in [0.1, 0.15) is 24.2 Å². The molecule has 1 saturated heterocycles. The van der Waals surface area contributed by atoms with Crippen molar-refractivity contribution in [3.05, 3.63) is 35.4 Å². The van der Waals surface area contributed by atoms with Crippen LogP contribution in [-0.2, 0) is 15.9 Å². The molecule has 2 rings (SSSR count). The Morgan fingerprint density at radius 2 is 2.17 bits per heavy atom. The maximum atomic E-state index is 11.5. The molecule has 0 aliphatic carbocycles. The average Bonchev–Trinajstić information content (AvgIpc) is 2.46. The van der Waals surface area contributed by atoms with Gasteiger partial charge in [-0.3, -0.25) is 0 Å². The van der Waals surface area contributed by atoms with E-state index in [1.54, 1.807) is 4.90 Å². The number of carbonyl (C=O) groups is 1. The zero-order valence-corrected chi connectivity index (χ0v) is 10.9. The molecule has 1 fully saturated rings. The Morgan fingerprint density at radius 1 is 1.44 bits per heavy atom. The van der Waals surface area contributed by atoms with Crippen LogP contribution >= 0.6 is 0 Å². The molecule has 1 atom stereocenters. The normalized spacial score (nSPS) is 19.7. The molecule has 0 bridgehead atoms. The maximum absolute atomic E-state index is 11.5. The van der Waals surface area contributed by atoms with Crippen molar-refractivity contribution < 1.29 is 14.3 Å². The molecule has 1 amide bonds. The summed E-state index contributed by atoms with van der Waals surface area (Å²) in [6.07, 6.45) is 0.692. The van der Waals surface area contributed by atoms with Gasteiger partial charge in [-0.15, -0.1) is 0 Å². The van der Waals surface area contributed by atoms with Crippen LogP contribution in [-0.4, -0.2) is 37.8 Å². The summed E-state index contributed by atoms with van der Waals surface area (Å²) < 4.78 is 10.5. The van der Waals surface area contributed by atoms with Gasteiger partial charge in [-0.25, -0.2) is 4.79 Å². The molecule has 0 aromatic heterocycles. The zero-order chi connectivity index (χ0) is 13.0. The minimum Gasteiger partial charge on any atom is -0.453 e. The lowest BCUT2D eigenvalue weighted by Gasteiger charge is -2.32. The molecule has 0 saturated carbocycles. The van der Waals surface area contributed by atoms with E-state index in [1.807, 2.05) is 0 Å². The summed E-state index contributed by atoms with van der Waals surface area (Å²) in [4.78, 5) is 13.2. The number of hydrogen-bond acceptors (Lipinski definition) is 3. The number of ether oxygens (including phenoxy) is 2. The topological polar surface area (TPSA) is 38.8 Å². The molecular weight excluding hydrogens is 230 g/mol. The van der Waals surface area contributed by atoms with Gasteiger partial charge in [0.05, 0.1) is 20.3 Å². The van der Waals surface area contributed by atoms with Crippen molar-refractivity contribution in [3.63, 3.8) is 0 Å². The molecule has 4 heteroatoms. The van der Waals surface area contributed by atoms with E-state index in [0.29, 0.717) is 19.7 Å². The Bertz CT molecular complexity index is 402. The lowest BCUT2D eigenvalue weighted by Crippen LogP contribution is -2.42. The SMILES string of the molecule is CCc1ccc(C2CN(C(=O)OC)CCO2)cc1. The second-order valence-electron chi connectivity index (χ2n) is 4.37. The molecule has 98 valence electrons. The summed E-state index contributed by atoms with van der Waals surface area (Å²) in [5.41, 5.74) is 2.42. The maximum Gasteiger partial charge on any atom is 0.409 e. The monoisotopic (exact) mass is 249 g/mol. The Balaban J connectivity index is 2.05. The molecule has 4 nitrogen and oxygen atoms in total. The number of morpholine rings is 1. The Hall–Kier alpha value is -1.55. The van der Waals surface area contributed by atoms with Gasteiger partial charge in [0.15, 0.2) is 0 Å². The van der Waals surface area contributed by atoms with E-state index in [1.165, 1.54) is 12.7 Å². The summed E-state index contributed by atoms with van der Waals surface area (Å²) in [6, 6.07) is 8.36. The van der Waals surface area contributed by atoms with Gasteiger partial charge < -0.3 is 14.4 Å². The van der Waals surface area contributed by atoms with Crippen LogP contribution in [0.2, 0.25) is 0 Å². The van der Waals surface area contributed by atoms with Crippen LogP contribution in [0.15, 0.2) is 24.3 Å². The highest BCUT2D eigenvalue weighted by Gasteiger charge is 2.25. The van der Waals surface area contributed by atoms with Gasteiger partial charge in [-0.2, -0.15) is 0 Å². The molecule has 1 aromatic rings. The highest BCUT2D eigenvalue weighted by molar-refractivity contribution is 5.67. The highest BCUT2D eigenvalue weighted by Crippen LogP contribution is 2.23.